The van der Waals surface area contributed by atoms with E-state index in [0.717, 1.165) is 17.9 Å². The third-order valence-corrected chi connectivity index (χ3v) is 4.03. The van der Waals surface area contributed by atoms with Crippen LogP contribution in [-0.4, -0.2) is 18.8 Å². The Hall–Kier alpha value is -1.19. The highest BCUT2D eigenvalue weighted by Gasteiger charge is 2.07. The highest BCUT2D eigenvalue weighted by molar-refractivity contribution is 7.97. The molecule has 0 bridgehead atoms. The van der Waals surface area contributed by atoms with Gasteiger partial charge in [-0.1, -0.05) is 58.0 Å². The van der Waals surface area contributed by atoms with Gasteiger partial charge < -0.3 is 4.90 Å². The SMILES string of the molecule is C=CC(=C)N(C)c1ccc(C(C)CNSC(C)C)cc1. The Labute approximate surface area is 128 Å². The van der Waals surface area contributed by atoms with Gasteiger partial charge in [-0.25, -0.2) is 0 Å². The van der Waals surface area contributed by atoms with Crippen LogP contribution >= 0.6 is 11.9 Å². The molecule has 0 aliphatic rings. The van der Waals surface area contributed by atoms with Crippen molar-refractivity contribution in [2.45, 2.75) is 31.9 Å². The zero-order chi connectivity index (χ0) is 15.1. The van der Waals surface area contributed by atoms with Crippen molar-refractivity contribution in [2.75, 3.05) is 18.5 Å². The van der Waals surface area contributed by atoms with E-state index in [1.54, 1.807) is 18.0 Å². The number of likely N-dealkylation sites (N-methyl/N-ethyl adjacent to an activating group) is 1. The van der Waals surface area contributed by atoms with E-state index >= 15 is 0 Å². The fourth-order valence-corrected chi connectivity index (χ4v) is 2.47. The molecular formula is C17H26N2S. The zero-order valence-electron chi connectivity index (χ0n) is 13.0. The number of hydrogen-bond donors (Lipinski definition) is 1. The topological polar surface area (TPSA) is 15.3 Å². The minimum Gasteiger partial charge on any atom is -0.345 e. The Kier molecular flexibility index (Phi) is 6.89. The van der Waals surface area contributed by atoms with Gasteiger partial charge in [0, 0.05) is 30.2 Å². The molecule has 0 aliphatic carbocycles. The normalized spacial score (nSPS) is 12.2. The van der Waals surface area contributed by atoms with Gasteiger partial charge in [0.05, 0.1) is 0 Å². The molecule has 1 atom stereocenters. The molecule has 2 nitrogen and oxygen atoms in total. The molecule has 110 valence electrons. The summed E-state index contributed by atoms with van der Waals surface area (Å²) in [7, 11) is 2.00. The zero-order valence-corrected chi connectivity index (χ0v) is 13.8. The van der Waals surface area contributed by atoms with Crippen molar-refractivity contribution in [1.82, 2.24) is 4.72 Å². The molecule has 0 heterocycles. The van der Waals surface area contributed by atoms with Gasteiger partial charge in [-0.05, 0) is 29.7 Å². The van der Waals surface area contributed by atoms with Crippen molar-refractivity contribution in [3.8, 4) is 0 Å². The number of hydrogen-bond acceptors (Lipinski definition) is 3. The van der Waals surface area contributed by atoms with Crippen LogP contribution in [0.1, 0.15) is 32.3 Å². The first-order chi connectivity index (χ1) is 9.45. The van der Waals surface area contributed by atoms with E-state index in [1.807, 2.05) is 11.9 Å². The lowest BCUT2D eigenvalue weighted by Gasteiger charge is -2.20. The van der Waals surface area contributed by atoms with Crippen molar-refractivity contribution in [3.05, 3.63) is 54.8 Å². The molecule has 1 N–H and O–H groups in total. The molecule has 0 radical (unpaired) electrons. The second kappa shape index (κ2) is 8.18. The highest BCUT2D eigenvalue weighted by atomic mass is 32.2. The lowest BCUT2D eigenvalue weighted by molar-refractivity contribution is 0.739. The monoisotopic (exact) mass is 290 g/mol. The van der Waals surface area contributed by atoms with Crippen molar-refractivity contribution in [2.24, 2.45) is 0 Å². The van der Waals surface area contributed by atoms with Crippen molar-refractivity contribution in [1.29, 1.82) is 0 Å². The summed E-state index contributed by atoms with van der Waals surface area (Å²) in [5, 5.41) is 0.614. The lowest BCUT2D eigenvalue weighted by Crippen LogP contribution is -2.16. The Morgan fingerprint density at radius 3 is 2.40 bits per heavy atom. The van der Waals surface area contributed by atoms with Crippen molar-refractivity contribution in [3.63, 3.8) is 0 Å². The molecular weight excluding hydrogens is 264 g/mol. The minimum atomic E-state index is 0.503. The van der Waals surface area contributed by atoms with Crippen molar-refractivity contribution < 1.29 is 0 Å². The first-order valence-corrected chi connectivity index (χ1v) is 7.87. The number of anilines is 1. The van der Waals surface area contributed by atoms with Gasteiger partial charge in [0.2, 0.25) is 0 Å². The van der Waals surface area contributed by atoms with Gasteiger partial charge in [0.1, 0.15) is 0 Å². The summed E-state index contributed by atoms with van der Waals surface area (Å²) < 4.78 is 3.43. The molecule has 20 heavy (non-hydrogen) atoms. The maximum Gasteiger partial charge on any atom is 0.0408 e. The highest BCUT2D eigenvalue weighted by Crippen LogP contribution is 2.22. The maximum atomic E-state index is 3.96. The summed E-state index contributed by atoms with van der Waals surface area (Å²) in [6.07, 6.45) is 1.77. The fourth-order valence-electron chi connectivity index (χ4n) is 1.79. The Balaban J connectivity index is 2.61. The minimum absolute atomic E-state index is 0.503. The molecule has 3 heteroatoms. The van der Waals surface area contributed by atoms with Crippen LogP contribution in [-0.2, 0) is 0 Å². The summed E-state index contributed by atoms with van der Waals surface area (Å²) in [6, 6.07) is 8.65. The van der Waals surface area contributed by atoms with Gasteiger partial charge in [-0.15, -0.1) is 0 Å². The summed E-state index contributed by atoms with van der Waals surface area (Å²) in [5.41, 5.74) is 3.39. The largest absolute Gasteiger partial charge is 0.345 e. The van der Waals surface area contributed by atoms with E-state index in [-0.39, 0.29) is 0 Å². The lowest BCUT2D eigenvalue weighted by atomic mass is 10.0. The van der Waals surface area contributed by atoms with Crippen molar-refractivity contribution >= 4 is 17.6 Å². The third-order valence-electron chi connectivity index (χ3n) is 3.22. The molecule has 1 unspecified atom stereocenters. The number of nitrogens with zero attached hydrogens (tertiary/aromatic N) is 1. The summed E-state index contributed by atoms with van der Waals surface area (Å²) in [5.74, 6) is 0.503. The molecule has 1 aromatic carbocycles. The van der Waals surface area contributed by atoms with Crippen LogP contribution in [0.5, 0.6) is 0 Å². The second-order valence-electron chi connectivity index (χ2n) is 5.26. The maximum absolute atomic E-state index is 3.96. The molecule has 0 spiro atoms. The van der Waals surface area contributed by atoms with E-state index in [1.165, 1.54) is 5.56 Å². The Morgan fingerprint density at radius 2 is 1.90 bits per heavy atom. The van der Waals surface area contributed by atoms with Crippen LogP contribution in [0.25, 0.3) is 0 Å². The van der Waals surface area contributed by atoms with Gasteiger partial charge in [-0.2, -0.15) is 0 Å². The smallest absolute Gasteiger partial charge is 0.0408 e. The van der Waals surface area contributed by atoms with Gasteiger partial charge in [-0.3, -0.25) is 4.72 Å². The van der Waals surface area contributed by atoms with Crippen LogP contribution in [0.15, 0.2) is 49.2 Å². The number of allylic oxidation sites excluding steroid dienone is 1. The molecule has 0 saturated carbocycles. The molecule has 1 rings (SSSR count). The summed E-state index contributed by atoms with van der Waals surface area (Å²) in [4.78, 5) is 2.04. The Bertz CT molecular complexity index is 437. The average molecular weight is 290 g/mol. The number of rotatable bonds is 8. The standard InChI is InChI=1S/C17H26N2S/c1-7-15(5)19(6)17-10-8-16(9-11-17)14(4)12-18-20-13(2)3/h7-11,13-14,18H,1,5,12H2,2-4,6H3. The van der Waals surface area contributed by atoms with E-state index in [0.29, 0.717) is 11.2 Å². The quantitative estimate of drug-likeness (QED) is 0.557. The van der Waals surface area contributed by atoms with Crippen LogP contribution < -0.4 is 9.62 Å². The first-order valence-electron chi connectivity index (χ1n) is 6.99. The predicted molar refractivity (Wildman–Crippen MR) is 93.3 cm³/mol. The molecule has 0 fully saturated rings. The third kappa shape index (κ3) is 5.06. The van der Waals surface area contributed by atoms with Crippen LogP contribution in [0.2, 0.25) is 0 Å². The Morgan fingerprint density at radius 1 is 1.30 bits per heavy atom. The van der Waals surface area contributed by atoms with E-state index < -0.39 is 0 Å². The van der Waals surface area contributed by atoms with Gasteiger partial charge in [0.15, 0.2) is 0 Å². The predicted octanol–water partition coefficient (Wildman–Crippen LogP) is 4.57. The van der Waals surface area contributed by atoms with E-state index in [9.17, 15) is 0 Å². The van der Waals surface area contributed by atoms with Crippen LogP contribution in [0, 0.1) is 0 Å². The number of nitrogens with one attached hydrogen (secondary N) is 1. The van der Waals surface area contributed by atoms with Crippen LogP contribution in [0.4, 0.5) is 5.69 Å². The average Bonchev–Trinajstić information content (AvgIpc) is 2.45. The molecule has 1 aromatic rings. The first kappa shape index (κ1) is 16.9. The molecule has 0 aromatic heterocycles. The summed E-state index contributed by atoms with van der Waals surface area (Å²) in [6.45, 7) is 15.3. The van der Waals surface area contributed by atoms with Gasteiger partial charge in [0.25, 0.3) is 0 Å². The molecule has 0 amide bonds. The fraction of sp³-hybridized carbons (Fsp3) is 0.412. The van der Waals surface area contributed by atoms with E-state index in [4.69, 9.17) is 0 Å². The number of benzene rings is 1. The van der Waals surface area contributed by atoms with Crippen LogP contribution in [0.3, 0.4) is 0 Å². The summed E-state index contributed by atoms with van der Waals surface area (Å²) >= 11 is 1.79. The second-order valence-corrected chi connectivity index (χ2v) is 6.73. The van der Waals surface area contributed by atoms with E-state index in [2.05, 4.69) is 62.9 Å². The van der Waals surface area contributed by atoms with Gasteiger partial charge >= 0.3 is 0 Å². The molecule has 0 saturated heterocycles. The molecule has 0 aliphatic heterocycles.